The van der Waals surface area contributed by atoms with Crippen LogP contribution < -0.4 is 9.46 Å². The number of nitro benzene ring substituents is 1. The fraction of sp³-hybridized carbons (Fsp3) is 0.455. The summed E-state index contributed by atoms with van der Waals surface area (Å²) in [7, 11) is -2.54. The molecular formula is C11H16N2O5S. The van der Waals surface area contributed by atoms with E-state index in [0.29, 0.717) is 6.42 Å². The van der Waals surface area contributed by atoms with Crippen LogP contribution in [0.25, 0.3) is 0 Å². The van der Waals surface area contributed by atoms with Gasteiger partial charge in [-0.1, -0.05) is 6.92 Å². The number of nitrogens with one attached hydrogen (secondary N) is 1. The van der Waals surface area contributed by atoms with Crippen LogP contribution in [0.1, 0.15) is 20.3 Å². The number of hydrogen-bond donors (Lipinski definition) is 1. The molecule has 0 heterocycles. The number of nitrogens with zero attached hydrogens (tertiary/aromatic N) is 1. The minimum Gasteiger partial charge on any atom is -0.495 e. The Hall–Kier alpha value is -1.67. The minimum absolute atomic E-state index is 0.0707. The zero-order valence-corrected chi connectivity index (χ0v) is 11.7. The molecule has 0 aliphatic carbocycles. The van der Waals surface area contributed by atoms with Crippen LogP contribution in [0, 0.1) is 10.1 Å². The van der Waals surface area contributed by atoms with Crippen molar-refractivity contribution < 1.29 is 18.1 Å². The fourth-order valence-corrected chi connectivity index (χ4v) is 2.92. The van der Waals surface area contributed by atoms with E-state index in [1.54, 1.807) is 6.92 Å². The van der Waals surface area contributed by atoms with Crippen LogP contribution in [0.2, 0.25) is 0 Å². The Kier molecular flexibility index (Phi) is 4.84. The summed E-state index contributed by atoms with van der Waals surface area (Å²) in [6.07, 6.45) is 0.608. The molecule has 0 radical (unpaired) electrons. The highest BCUT2D eigenvalue weighted by molar-refractivity contribution is 7.89. The number of sulfonamides is 1. The lowest BCUT2D eigenvalue weighted by atomic mass is 10.3. The number of non-ortho nitro benzene ring substituents is 1. The van der Waals surface area contributed by atoms with Crippen molar-refractivity contribution >= 4 is 15.7 Å². The second-order valence-corrected chi connectivity index (χ2v) is 5.71. The maximum atomic E-state index is 12.1. The Morgan fingerprint density at radius 3 is 2.58 bits per heavy atom. The minimum atomic E-state index is -3.85. The first-order valence-electron chi connectivity index (χ1n) is 5.66. The molecule has 7 nitrogen and oxygen atoms in total. The van der Waals surface area contributed by atoms with Crippen LogP contribution in [0.4, 0.5) is 5.69 Å². The number of methoxy groups -OCH3 is 1. The highest BCUT2D eigenvalue weighted by atomic mass is 32.2. The first-order valence-corrected chi connectivity index (χ1v) is 7.15. The van der Waals surface area contributed by atoms with E-state index in [1.807, 2.05) is 6.92 Å². The summed E-state index contributed by atoms with van der Waals surface area (Å²) in [5.74, 6) is 0.0707. The molecule has 1 atom stereocenters. The molecule has 0 aromatic heterocycles. The van der Waals surface area contributed by atoms with Crippen molar-refractivity contribution in [3.8, 4) is 5.75 Å². The number of rotatable bonds is 6. The van der Waals surface area contributed by atoms with E-state index < -0.39 is 14.9 Å². The van der Waals surface area contributed by atoms with E-state index >= 15 is 0 Å². The Labute approximate surface area is 111 Å². The van der Waals surface area contributed by atoms with Crippen molar-refractivity contribution in [3.63, 3.8) is 0 Å². The molecule has 19 heavy (non-hydrogen) atoms. The molecular weight excluding hydrogens is 272 g/mol. The van der Waals surface area contributed by atoms with Gasteiger partial charge in [0.2, 0.25) is 10.0 Å². The van der Waals surface area contributed by atoms with Gasteiger partial charge in [-0.2, -0.15) is 0 Å². The van der Waals surface area contributed by atoms with E-state index in [-0.39, 0.29) is 22.4 Å². The SMILES string of the molecule is CCC(C)NS(=O)(=O)c1cc([N+](=O)[O-])ccc1OC. The third-order valence-electron chi connectivity index (χ3n) is 2.62. The number of ether oxygens (including phenoxy) is 1. The van der Waals surface area contributed by atoms with Gasteiger partial charge in [-0.15, -0.1) is 0 Å². The molecule has 0 bridgehead atoms. The van der Waals surface area contributed by atoms with E-state index in [0.717, 1.165) is 6.07 Å². The zero-order valence-electron chi connectivity index (χ0n) is 10.9. The molecule has 0 spiro atoms. The molecule has 1 unspecified atom stereocenters. The average molecular weight is 288 g/mol. The van der Waals surface area contributed by atoms with Gasteiger partial charge < -0.3 is 4.74 Å². The van der Waals surface area contributed by atoms with Crippen molar-refractivity contribution in [1.82, 2.24) is 4.72 Å². The summed E-state index contributed by atoms with van der Waals surface area (Å²) in [6, 6.07) is 3.18. The van der Waals surface area contributed by atoms with Gasteiger partial charge in [-0.25, -0.2) is 13.1 Å². The fourth-order valence-electron chi connectivity index (χ4n) is 1.40. The molecule has 1 N–H and O–H groups in total. The predicted octanol–water partition coefficient (Wildman–Crippen LogP) is 1.68. The van der Waals surface area contributed by atoms with Crippen LogP contribution >= 0.6 is 0 Å². The number of hydrogen-bond acceptors (Lipinski definition) is 5. The smallest absolute Gasteiger partial charge is 0.271 e. The van der Waals surface area contributed by atoms with Crippen LogP contribution in [0.5, 0.6) is 5.75 Å². The van der Waals surface area contributed by atoms with E-state index in [1.165, 1.54) is 19.2 Å². The van der Waals surface area contributed by atoms with Crippen LogP contribution in [-0.4, -0.2) is 26.5 Å². The molecule has 0 amide bonds. The molecule has 0 saturated carbocycles. The summed E-state index contributed by atoms with van der Waals surface area (Å²) >= 11 is 0. The highest BCUT2D eigenvalue weighted by Gasteiger charge is 2.24. The van der Waals surface area contributed by atoms with Crippen LogP contribution in [0.15, 0.2) is 23.1 Å². The first-order chi connectivity index (χ1) is 8.81. The number of nitro groups is 1. The van der Waals surface area contributed by atoms with Crippen LogP contribution in [0.3, 0.4) is 0 Å². The summed E-state index contributed by atoms with van der Waals surface area (Å²) in [5.41, 5.74) is -0.301. The standard InChI is InChI=1S/C11H16N2O5S/c1-4-8(2)12-19(16,17)11-7-9(13(14)15)5-6-10(11)18-3/h5-8,12H,4H2,1-3H3. The molecule has 1 aromatic carbocycles. The average Bonchev–Trinajstić information content (AvgIpc) is 2.37. The summed E-state index contributed by atoms with van der Waals surface area (Å²) in [5, 5.41) is 10.7. The van der Waals surface area contributed by atoms with Gasteiger partial charge in [0.15, 0.2) is 0 Å². The van der Waals surface area contributed by atoms with Crippen molar-refractivity contribution in [2.75, 3.05) is 7.11 Å². The maximum absolute atomic E-state index is 12.1. The first kappa shape index (κ1) is 15.4. The largest absolute Gasteiger partial charge is 0.495 e. The van der Waals surface area contributed by atoms with Crippen molar-refractivity contribution in [2.24, 2.45) is 0 Å². The van der Waals surface area contributed by atoms with E-state index in [9.17, 15) is 18.5 Å². The van der Waals surface area contributed by atoms with Gasteiger partial charge in [0, 0.05) is 18.2 Å². The second kappa shape index (κ2) is 5.98. The zero-order chi connectivity index (χ0) is 14.6. The molecule has 106 valence electrons. The summed E-state index contributed by atoms with van der Waals surface area (Å²) in [4.78, 5) is 9.82. The Bertz CT molecular complexity index is 570. The van der Waals surface area contributed by atoms with Crippen molar-refractivity contribution in [2.45, 2.75) is 31.2 Å². The van der Waals surface area contributed by atoms with Gasteiger partial charge in [0.1, 0.15) is 10.6 Å². The lowest BCUT2D eigenvalue weighted by Crippen LogP contribution is -2.32. The summed E-state index contributed by atoms with van der Waals surface area (Å²) in [6.45, 7) is 3.54. The Morgan fingerprint density at radius 2 is 2.11 bits per heavy atom. The van der Waals surface area contributed by atoms with Crippen LogP contribution in [-0.2, 0) is 10.0 Å². The Morgan fingerprint density at radius 1 is 1.47 bits per heavy atom. The van der Waals surface area contributed by atoms with E-state index in [4.69, 9.17) is 4.74 Å². The molecule has 0 saturated heterocycles. The quantitative estimate of drug-likeness (QED) is 0.634. The molecule has 8 heteroatoms. The van der Waals surface area contributed by atoms with Gasteiger partial charge in [-0.3, -0.25) is 10.1 Å². The maximum Gasteiger partial charge on any atom is 0.271 e. The normalized spacial score (nSPS) is 13.0. The van der Waals surface area contributed by atoms with Crippen molar-refractivity contribution in [3.05, 3.63) is 28.3 Å². The molecule has 1 rings (SSSR count). The Balaban J connectivity index is 3.30. The molecule has 1 aromatic rings. The topological polar surface area (TPSA) is 98.5 Å². The predicted molar refractivity (Wildman–Crippen MR) is 69.7 cm³/mol. The summed E-state index contributed by atoms with van der Waals surface area (Å²) < 4.78 is 31.7. The van der Waals surface area contributed by atoms with Gasteiger partial charge in [0.25, 0.3) is 5.69 Å². The third kappa shape index (κ3) is 3.65. The lowest BCUT2D eigenvalue weighted by Gasteiger charge is -2.14. The second-order valence-electron chi connectivity index (χ2n) is 4.02. The van der Waals surface area contributed by atoms with Crippen molar-refractivity contribution in [1.29, 1.82) is 0 Å². The lowest BCUT2D eigenvalue weighted by molar-refractivity contribution is -0.385. The number of benzene rings is 1. The van der Waals surface area contributed by atoms with Gasteiger partial charge >= 0.3 is 0 Å². The van der Waals surface area contributed by atoms with Gasteiger partial charge in [0.05, 0.1) is 12.0 Å². The monoisotopic (exact) mass is 288 g/mol. The van der Waals surface area contributed by atoms with Gasteiger partial charge in [-0.05, 0) is 19.4 Å². The molecule has 0 fully saturated rings. The third-order valence-corrected chi connectivity index (χ3v) is 4.23. The molecule has 0 aliphatic heterocycles. The molecule has 0 aliphatic rings. The van der Waals surface area contributed by atoms with E-state index in [2.05, 4.69) is 4.72 Å². The highest BCUT2D eigenvalue weighted by Crippen LogP contribution is 2.28.